The fraction of sp³-hybridized carbons (Fsp3) is 0.480. The van der Waals surface area contributed by atoms with Crippen molar-refractivity contribution >= 4 is 29.3 Å². The van der Waals surface area contributed by atoms with Crippen molar-refractivity contribution in [3.8, 4) is 11.5 Å². The van der Waals surface area contributed by atoms with E-state index in [1.807, 2.05) is 6.92 Å². The highest BCUT2D eigenvalue weighted by molar-refractivity contribution is 6.32. The maximum Gasteiger partial charge on any atom is 0.337 e. The Kier molecular flexibility index (Phi) is 7.60. The zero-order chi connectivity index (χ0) is 25.3. The number of carbonyl (C=O) groups excluding carboxylic acids is 3. The van der Waals surface area contributed by atoms with Gasteiger partial charge in [0.05, 0.1) is 30.4 Å². The van der Waals surface area contributed by atoms with Crippen molar-refractivity contribution in [2.75, 3.05) is 13.7 Å². The van der Waals surface area contributed by atoms with E-state index in [0.29, 0.717) is 23.4 Å². The fourth-order valence-corrected chi connectivity index (χ4v) is 4.81. The Morgan fingerprint density at radius 3 is 2.56 bits per heavy atom. The third-order valence-electron chi connectivity index (χ3n) is 5.99. The number of ether oxygens (including phenoxy) is 3. The molecule has 0 amide bonds. The standard InChI is InChI=1S/C25H30ClNO7/c1-7-33-17-10-14(9-15(26)22(17)28)20-19(25(31)34-11(2)3)13(5)27-16-8-12(4)18(24(30)32-6)23(29)21(16)20/h9-12,18,20,27-28H,7-8H2,1-6H3/t12-,18+,20+/m0/s1. The summed E-state index contributed by atoms with van der Waals surface area (Å²) in [5, 5.41) is 13.6. The lowest BCUT2D eigenvalue weighted by atomic mass is 9.69. The number of carbonyl (C=O) groups is 3. The number of phenolic OH excluding ortho intramolecular Hbond substituents is 1. The van der Waals surface area contributed by atoms with Crippen LogP contribution in [0, 0.1) is 11.8 Å². The first-order valence-corrected chi connectivity index (χ1v) is 11.6. The van der Waals surface area contributed by atoms with Crippen LogP contribution in [0.5, 0.6) is 11.5 Å². The summed E-state index contributed by atoms with van der Waals surface area (Å²) in [5.41, 5.74) is 2.13. The molecule has 8 nitrogen and oxygen atoms in total. The van der Waals surface area contributed by atoms with E-state index in [2.05, 4.69) is 5.32 Å². The third kappa shape index (κ3) is 4.64. The van der Waals surface area contributed by atoms with E-state index >= 15 is 0 Å². The average Bonchev–Trinajstić information content (AvgIpc) is 2.75. The van der Waals surface area contributed by atoms with E-state index in [4.69, 9.17) is 25.8 Å². The summed E-state index contributed by atoms with van der Waals surface area (Å²) in [6, 6.07) is 3.05. The molecule has 2 N–H and O–H groups in total. The number of halogens is 1. The van der Waals surface area contributed by atoms with Gasteiger partial charge in [-0.1, -0.05) is 18.5 Å². The Labute approximate surface area is 203 Å². The van der Waals surface area contributed by atoms with Crippen LogP contribution in [-0.4, -0.2) is 42.6 Å². The van der Waals surface area contributed by atoms with Gasteiger partial charge in [-0.25, -0.2) is 4.79 Å². The summed E-state index contributed by atoms with van der Waals surface area (Å²) in [6.45, 7) is 9.04. The van der Waals surface area contributed by atoms with Gasteiger partial charge in [0.1, 0.15) is 5.92 Å². The predicted octanol–water partition coefficient (Wildman–Crippen LogP) is 4.01. The number of allylic oxidation sites excluding steroid dienone is 3. The Morgan fingerprint density at radius 1 is 1.29 bits per heavy atom. The number of dihydropyridines is 1. The van der Waals surface area contributed by atoms with E-state index in [1.54, 1.807) is 33.8 Å². The molecule has 1 aliphatic carbocycles. The summed E-state index contributed by atoms with van der Waals surface area (Å²) in [6.07, 6.45) is 0.0156. The van der Waals surface area contributed by atoms with Gasteiger partial charge in [-0.2, -0.15) is 0 Å². The second kappa shape index (κ2) is 10.1. The van der Waals surface area contributed by atoms with Crippen molar-refractivity contribution in [3.05, 3.63) is 45.3 Å². The molecule has 0 bridgehead atoms. The first kappa shape index (κ1) is 25.6. The lowest BCUT2D eigenvalue weighted by Crippen LogP contribution is -2.43. The number of esters is 2. The fourth-order valence-electron chi connectivity index (χ4n) is 4.59. The molecule has 9 heteroatoms. The Hall–Kier alpha value is -3.00. The number of hydrogen-bond donors (Lipinski definition) is 2. The molecule has 0 saturated carbocycles. The second-order valence-corrected chi connectivity index (χ2v) is 9.18. The lowest BCUT2D eigenvalue weighted by Gasteiger charge is -2.38. The minimum absolute atomic E-state index is 0.0111. The maximum absolute atomic E-state index is 13.7. The van der Waals surface area contributed by atoms with E-state index < -0.39 is 35.7 Å². The van der Waals surface area contributed by atoms with Gasteiger partial charge in [0.25, 0.3) is 0 Å². The van der Waals surface area contributed by atoms with Gasteiger partial charge < -0.3 is 24.6 Å². The van der Waals surface area contributed by atoms with E-state index in [1.165, 1.54) is 13.2 Å². The summed E-state index contributed by atoms with van der Waals surface area (Å²) in [4.78, 5) is 39.5. The molecule has 1 aliphatic heterocycles. The molecule has 1 heterocycles. The highest BCUT2D eigenvalue weighted by Crippen LogP contribution is 2.48. The monoisotopic (exact) mass is 491 g/mol. The molecule has 2 aliphatic rings. The van der Waals surface area contributed by atoms with Crippen LogP contribution < -0.4 is 10.1 Å². The number of methoxy groups -OCH3 is 1. The van der Waals surface area contributed by atoms with Crippen molar-refractivity contribution in [3.63, 3.8) is 0 Å². The smallest absolute Gasteiger partial charge is 0.337 e. The number of Topliss-reactive ketones (excluding diaryl/α,β-unsaturated/α-hetero) is 1. The number of hydrogen-bond acceptors (Lipinski definition) is 8. The first-order chi connectivity index (χ1) is 16.0. The summed E-state index contributed by atoms with van der Waals surface area (Å²) in [5.74, 6) is -3.95. The molecule has 3 atom stereocenters. The van der Waals surface area contributed by atoms with Crippen LogP contribution in [-0.2, 0) is 23.9 Å². The second-order valence-electron chi connectivity index (χ2n) is 8.77. The topological polar surface area (TPSA) is 111 Å². The van der Waals surface area contributed by atoms with Crippen LogP contribution in [0.1, 0.15) is 52.5 Å². The van der Waals surface area contributed by atoms with Crippen molar-refractivity contribution in [2.24, 2.45) is 11.8 Å². The van der Waals surface area contributed by atoms with Crippen LogP contribution in [0.15, 0.2) is 34.7 Å². The molecule has 34 heavy (non-hydrogen) atoms. The molecular formula is C25H30ClNO7. The van der Waals surface area contributed by atoms with Crippen molar-refractivity contribution in [1.82, 2.24) is 5.32 Å². The number of rotatable bonds is 6. The van der Waals surface area contributed by atoms with E-state index in [0.717, 1.165) is 0 Å². The molecule has 0 saturated heterocycles. The molecule has 184 valence electrons. The average molecular weight is 492 g/mol. The van der Waals surface area contributed by atoms with Gasteiger partial charge in [-0.15, -0.1) is 0 Å². The van der Waals surface area contributed by atoms with E-state index in [-0.39, 0.29) is 40.2 Å². The first-order valence-electron chi connectivity index (χ1n) is 11.2. The number of benzene rings is 1. The van der Waals surface area contributed by atoms with Gasteiger partial charge in [0.2, 0.25) is 0 Å². The molecule has 0 fully saturated rings. The molecule has 0 aromatic heterocycles. The maximum atomic E-state index is 13.7. The number of nitrogens with one attached hydrogen (secondary N) is 1. The zero-order valence-electron chi connectivity index (χ0n) is 20.2. The van der Waals surface area contributed by atoms with Crippen LogP contribution in [0.3, 0.4) is 0 Å². The van der Waals surface area contributed by atoms with E-state index in [9.17, 15) is 19.5 Å². The van der Waals surface area contributed by atoms with Crippen molar-refractivity contribution in [2.45, 2.75) is 53.1 Å². The quantitative estimate of drug-likeness (QED) is 0.453. The van der Waals surface area contributed by atoms with Crippen molar-refractivity contribution < 1.29 is 33.7 Å². The molecular weight excluding hydrogens is 462 g/mol. The molecule has 0 spiro atoms. The van der Waals surface area contributed by atoms with Gasteiger partial charge in [0.15, 0.2) is 17.3 Å². The van der Waals surface area contributed by atoms with Crippen LogP contribution in [0.2, 0.25) is 5.02 Å². The van der Waals surface area contributed by atoms with Gasteiger partial charge in [-0.05, 0) is 57.7 Å². The largest absolute Gasteiger partial charge is 0.503 e. The van der Waals surface area contributed by atoms with Gasteiger partial charge in [0, 0.05) is 22.9 Å². The number of phenols is 1. The number of aromatic hydroxyl groups is 1. The number of ketones is 1. The predicted molar refractivity (Wildman–Crippen MR) is 125 cm³/mol. The SMILES string of the molecule is CCOc1cc([C@@H]2C(C(=O)OC(C)C)=C(C)NC3=C2C(=O)[C@H](C(=O)OC)[C@@H](C)C3)cc(Cl)c1O. The normalized spacial score (nSPS) is 22.4. The highest BCUT2D eigenvalue weighted by atomic mass is 35.5. The minimum atomic E-state index is -1.01. The van der Waals surface area contributed by atoms with Crippen LogP contribution in [0.25, 0.3) is 0 Å². The van der Waals surface area contributed by atoms with Gasteiger partial charge >= 0.3 is 11.9 Å². The minimum Gasteiger partial charge on any atom is -0.503 e. The molecule has 0 unspecified atom stereocenters. The molecule has 3 rings (SSSR count). The van der Waals surface area contributed by atoms with Crippen molar-refractivity contribution in [1.29, 1.82) is 0 Å². The van der Waals surface area contributed by atoms with Gasteiger partial charge in [-0.3, -0.25) is 9.59 Å². The summed E-state index contributed by atoms with van der Waals surface area (Å²) >= 11 is 6.31. The Bertz CT molecular complexity index is 1090. The third-order valence-corrected chi connectivity index (χ3v) is 6.28. The van der Waals surface area contributed by atoms with Crippen LogP contribution in [0.4, 0.5) is 0 Å². The Balaban J connectivity index is 2.26. The summed E-state index contributed by atoms with van der Waals surface area (Å²) in [7, 11) is 1.24. The zero-order valence-corrected chi connectivity index (χ0v) is 20.9. The molecule has 0 radical (unpaired) electrons. The lowest BCUT2D eigenvalue weighted by molar-refractivity contribution is -0.151. The molecule has 1 aromatic rings. The molecule has 1 aromatic carbocycles. The Morgan fingerprint density at radius 2 is 1.97 bits per heavy atom. The highest BCUT2D eigenvalue weighted by Gasteiger charge is 2.47. The van der Waals surface area contributed by atoms with Crippen LogP contribution >= 0.6 is 11.6 Å². The summed E-state index contributed by atoms with van der Waals surface area (Å²) < 4.78 is 15.9.